The molecule has 0 spiro atoms. The molecule has 0 saturated carbocycles. The van der Waals surface area contributed by atoms with E-state index in [1.807, 2.05) is 0 Å². The van der Waals surface area contributed by atoms with Gasteiger partial charge in [0.1, 0.15) is 24.9 Å². The van der Waals surface area contributed by atoms with Crippen molar-refractivity contribution in [2.45, 2.75) is 44.2 Å². The van der Waals surface area contributed by atoms with Crippen LogP contribution in [0.5, 0.6) is 0 Å². The molecule has 2 heterocycles. The highest BCUT2D eigenvalue weighted by molar-refractivity contribution is 7.86. The van der Waals surface area contributed by atoms with Gasteiger partial charge in [-0.2, -0.15) is 8.42 Å². The number of carbonyl (C=O) groups excluding carboxylic acids is 1. The number of hydrogen-bond acceptors (Lipinski definition) is 8. The Bertz CT molecular complexity index is 730. The molecule has 2 fully saturated rings. The minimum atomic E-state index is -3.76. The zero-order chi connectivity index (χ0) is 18.2. The van der Waals surface area contributed by atoms with Gasteiger partial charge in [0.2, 0.25) is 0 Å². The molecule has 1 aromatic carbocycles. The molecule has 0 amide bonds. The molecule has 0 aliphatic carbocycles. The van der Waals surface area contributed by atoms with Crippen molar-refractivity contribution in [2.75, 3.05) is 12.9 Å². The minimum absolute atomic E-state index is 0.186. The molecule has 2 aliphatic rings. The first-order valence-corrected chi connectivity index (χ1v) is 9.58. The van der Waals surface area contributed by atoms with E-state index in [0.29, 0.717) is 5.56 Å². The first-order chi connectivity index (χ1) is 11.6. The number of fused-ring (bicyclic) bond motifs is 1. The van der Waals surface area contributed by atoms with Crippen molar-refractivity contribution in [3.05, 3.63) is 35.9 Å². The van der Waals surface area contributed by atoms with E-state index in [4.69, 9.17) is 23.1 Å². The van der Waals surface area contributed by atoms with E-state index in [1.165, 1.54) is 0 Å². The van der Waals surface area contributed by atoms with Crippen LogP contribution < -0.4 is 0 Å². The van der Waals surface area contributed by atoms with Gasteiger partial charge in [0.15, 0.2) is 12.1 Å². The van der Waals surface area contributed by atoms with Gasteiger partial charge in [-0.3, -0.25) is 4.18 Å². The quantitative estimate of drug-likeness (QED) is 0.559. The summed E-state index contributed by atoms with van der Waals surface area (Å²) in [7, 11) is -3.76. The maximum Gasteiger partial charge on any atom is 0.338 e. The molecule has 3 rings (SSSR count). The largest absolute Gasteiger partial charge is 0.459 e. The Labute approximate surface area is 146 Å². The second kappa shape index (κ2) is 6.65. The average Bonchev–Trinajstić information content (AvgIpc) is 2.97. The summed E-state index contributed by atoms with van der Waals surface area (Å²) in [5.41, 5.74) is 0.384. The van der Waals surface area contributed by atoms with E-state index in [0.717, 1.165) is 6.26 Å². The molecule has 9 heteroatoms. The molecule has 0 radical (unpaired) electrons. The predicted octanol–water partition coefficient (Wildman–Crippen LogP) is 1.06. The van der Waals surface area contributed by atoms with Crippen LogP contribution in [-0.4, -0.2) is 57.6 Å². The fourth-order valence-corrected chi connectivity index (χ4v) is 3.45. The molecule has 8 nitrogen and oxygen atoms in total. The molecule has 138 valence electrons. The Morgan fingerprint density at radius 2 is 1.88 bits per heavy atom. The van der Waals surface area contributed by atoms with Crippen LogP contribution in [0.4, 0.5) is 0 Å². The Morgan fingerprint density at radius 1 is 1.20 bits per heavy atom. The van der Waals surface area contributed by atoms with Crippen molar-refractivity contribution in [3.63, 3.8) is 0 Å². The number of benzene rings is 1. The molecule has 0 aromatic heterocycles. The van der Waals surface area contributed by atoms with Gasteiger partial charge >= 0.3 is 5.97 Å². The first kappa shape index (κ1) is 18.3. The molecule has 0 bridgehead atoms. The summed E-state index contributed by atoms with van der Waals surface area (Å²) in [5.74, 6) is -1.46. The number of esters is 1. The van der Waals surface area contributed by atoms with Crippen molar-refractivity contribution < 1.29 is 36.3 Å². The van der Waals surface area contributed by atoms with Gasteiger partial charge < -0.3 is 18.9 Å². The van der Waals surface area contributed by atoms with E-state index in [9.17, 15) is 13.2 Å². The van der Waals surface area contributed by atoms with Crippen molar-refractivity contribution in [1.29, 1.82) is 0 Å². The lowest BCUT2D eigenvalue weighted by Crippen LogP contribution is -2.40. The smallest absolute Gasteiger partial charge is 0.338 e. The molecule has 25 heavy (non-hydrogen) atoms. The lowest BCUT2D eigenvalue weighted by Gasteiger charge is -2.24. The summed E-state index contributed by atoms with van der Waals surface area (Å²) in [6.45, 7) is 3.20. The third-order valence-electron chi connectivity index (χ3n) is 3.76. The Hall–Kier alpha value is -1.52. The summed E-state index contributed by atoms with van der Waals surface area (Å²) < 4.78 is 50.4. The molecule has 2 aliphatic heterocycles. The van der Waals surface area contributed by atoms with Crippen molar-refractivity contribution in [3.8, 4) is 0 Å². The standard InChI is InChI=1S/C16H20O8S/c1-16(2)22-13-12(24-25(3,18)19)11(21-15(13)23-16)9-20-14(17)10-7-5-4-6-8-10/h4-8,11-13,15H,9H2,1-3H3/t11-,12-,13-,15+/m0/s1. The number of carbonyl (C=O) groups is 1. The molecular formula is C16H20O8S. The summed E-state index contributed by atoms with van der Waals surface area (Å²) in [4.78, 5) is 12.0. The summed E-state index contributed by atoms with van der Waals surface area (Å²) >= 11 is 0. The van der Waals surface area contributed by atoms with Crippen LogP contribution >= 0.6 is 0 Å². The highest BCUT2D eigenvalue weighted by atomic mass is 32.2. The number of hydrogen-bond donors (Lipinski definition) is 0. The van der Waals surface area contributed by atoms with E-state index in [-0.39, 0.29) is 6.61 Å². The predicted molar refractivity (Wildman–Crippen MR) is 85.1 cm³/mol. The lowest BCUT2D eigenvalue weighted by molar-refractivity contribution is -0.216. The van der Waals surface area contributed by atoms with Crippen LogP contribution in [0.15, 0.2) is 30.3 Å². The maximum absolute atomic E-state index is 12.0. The van der Waals surface area contributed by atoms with E-state index >= 15 is 0 Å². The highest BCUT2D eigenvalue weighted by Crippen LogP contribution is 2.39. The Kier molecular flexibility index (Phi) is 4.86. The topological polar surface area (TPSA) is 97.4 Å². The van der Waals surface area contributed by atoms with Gasteiger partial charge in [-0.15, -0.1) is 0 Å². The maximum atomic E-state index is 12.0. The van der Waals surface area contributed by atoms with Crippen LogP contribution in [0.1, 0.15) is 24.2 Å². The third-order valence-corrected chi connectivity index (χ3v) is 4.33. The fourth-order valence-electron chi connectivity index (χ4n) is 2.81. The Morgan fingerprint density at radius 3 is 2.52 bits per heavy atom. The first-order valence-electron chi connectivity index (χ1n) is 7.76. The monoisotopic (exact) mass is 372 g/mol. The summed E-state index contributed by atoms with van der Waals surface area (Å²) in [6, 6.07) is 8.45. The third kappa shape index (κ3) is 4.36. The van der Waals surface area contributed by atoms with Crippen LogP contribution in [-0.2, 0) is 33.2 Å². The number of ether oxygens (including phenoxy) is 4. The minimum Gasteiger partial charge on any atom is -0.459 e. The zero-order valence-electron chi connectivity index (χ0n) is 14.1. The zero-order valence-corrected chi connectivity index (χ0v) is 14.9. The Balaban J connectivity index is 1.68. The fraction of sp³-hybridized carbons (Fsp3) is 0.562. The lowest BCUT2D eigenvalue weighted by atomic mass is 10.1. The van der Waals surface area contributed by atoms with Gasteiger partial charge in [0.25, 0.3) is 10.1 Å². The van der Waals surface area contributed by atoms with Gasteiger partial charge in [-0.25, -0.2) is 4.79 Å². The second-order valence-electron chi connectivity index (χ2n) is 6.37. The van der Waals surface area contributed by atoms with Gasteiger partial charge in [-0.1, -0.05) is 18.2 Å². The van der Waals surface area contributed by atoms with Gasteiger partial charge in [0, 0.05) is 0 Å². The van der Waals surface area contributed by atoms with E-state index < -0.39 is 46.5 Å². The SMILES string of the molecule is CC1(C)O[C@H]2O[C@@H](COC(=O)c3ccccc3)[C@H](OS(C)(=O)=O)[C@@H]2O1. The van der Waals surface area contributed by atoms with Crippen LogP contribution in [0.3, 0.4) is 0 Å². The molecular weight excluding hydrogens is 352 g/mol. The highest BCUT2D eigenvalue weighted by Gasteiger charge is 2.56. The van der Waals surface area contributed by atoms with Crippen LogP contribution in [0, 0.1) is 0 Å². The molecule has 0 unspecified atom stereocenters. The van der Waals surface area contributed by atoms with Crippen molar-refractivity contribution >= 4 is 16.1 Å². The molecule has 0 N–H and O–H groups in total. The average molecular weight is 372 g/mol. The molecule has 2 saturated heterocycles. The number of rotatable bonds is 5. The van der Waals surface area contributed by atoms with Gasteiger partial charge in [-0.05, 0) is 26.0 Å². The van der Waals surface area contributed by atoms with Gasteiger partial charge in [0.05, 0.1) is 11.8 Å². The van der Waals surface area contributed by atoms with Crippen LogP contribution in [0.25, 0.3) is 0 Å². The van der Waals surface area contributed by atoms with Crippen LogP contribution in [0.2, 0.25) is 0 Å². The van der Waals surface area contributed by atoms with E-state index in [2.05, 4.69) is 0 Å². The van der Waals surface area contributed by atoms with Crippen molar-refractivity contribution in [2.24, 2.45) is 0 Å². The molecule has 4 atom stereocenters. The summed E-state index contributed by atoms with van der Waals surface area (Å²) in [5, 5.41) is 0. The van der Waals surface area contributed by atoms with Crippen molar-refractivity contribution in [1.82, 2.24) is 0 Å². The summed E-state index contributed by atoms with van der Waals surface area (Å²) in [6.07, 6.45) is -2.37. The van der Waals surface area contributed by atoms with E-state index in [1.54, 1.807) is 44.2 Å². The molecule has 1 aromatic rings. The second-order valence-corrected chi connectivity index (χ2v) is 7.97. The normalized spacial score (nSPS) is 30.8.